The number of carbonyl (C=O) groups is 1. The quantitative estimate of drug-likeness (QED) is 0.842. The molecule has 1 amide bonds. The van der Waals surface area contributed by atoms with Gasteiger partial charge in [-0.3, -0.25) is 9.69 Å². The van der Waals surface area contributed by atoms with Crippen LogP contribution in [0.3, 0.4) is 0 Å². The SMILES string of the molecule is CCN(C(=O)CN1CCCC(N)C1)C1=CCCCC1. The Hall–Kier alpha value is -0.870. The molecule has 1 heterocycles. The minimum absolute atomic E-state index is 0.241. The molecule has 0 bridgehead atoms. The molecule has 1 fully saturated rings. The van der Waals surface area contributed by atoms with E-state index in [4.69, 9.17) is 5.73 Å². The molecule has 0 aromatic carbocycles. The van der Waals surface area contributed by atoms with Gasteiger partial charge in [0.15, 0.2) is 0 Å². The largest absolute Gasteiger partial charge is 0.327 e. The fourth-order valence-electron chi connectivity index (χ4n) is 3.12. The fraction of sp³-hybridized carbons (Fsp3) is 0.800. The third kappa shape index (κ3) is 4.05. The molecule has 1 unspecified atom stereocenters. The van der Waals surface area contributed by atoms with Crippen LogP contribution in [-0.2, 0) is 4.79 Å². The van der Waals surface area contributed by atoms with Gasteiger partial charge in [0, 0.05) is 24.8 Å². The van der Waals surface area contributed by atoms with Crippen LogP contribution >= 0.6 is 0 Å². The highest BCUT2D eigenvalue weighted by atomic mass is 16.2. The summed E-state index contributed by atoms with van der Waals surface area (Å²) in [6.45, 7) is 5.25. The second-order valence-electron chi connectivity index (χ2n) is 5.72. The van der Waals surface area contributed by atoms with Crippen LogP contribution in [0.5, 0.6) is 0 Å². The highest BCUT2D eigenvalue weighted by Crippen LogP contribution is 2.21. The van der Waals surface area contributed by atoms with Crippen LogP contribution in [-0.4, -0.2) is 47.9 Å². The van der Waals surface area contributed by atoms with Crippen molar-refractivity contribution in [1.82, 2.24) is 9.80 Å². The summed E-state index contributed by atoms with van der Waals surface area (Å²) in [6, 6.07) is 0.241. The molecule has 1 atom stereocenters. The zero-order valence-electron chi connectivity index (χ0n) is 12.1. The number of likely N-dealkylation sites (N-methyl/N-ethyl adjacent to an activating group) is 1. The normalized spacial score (nSPS) is 24.9. The van der Waals surface area contributed by atoms with E-state index in [1.54, 1.807) is 0 Å². The van der Waals surface area contributed by atoms with Crippen molar-refractivity contribution in [3.05, 3.63) is 11.8 Å². The molecule has 4 heteroatoms. The van der Waals surface area contributed by atoms with Crippen LogP contribution in [0.25, 0.3) is 0 Å². The molecule has 2 N–H and O–H groups in total. The number of allylic oxidation sites excluding steroid dienone is 2. The molecule has 1 saturated heterocycles. The Bertz CT molecular complexity index is 340. The van der Waals surface area contributed by atoms with E-state index < -0.39 is 0 Å². The van der Waals surface area contributed by atoms with Crippen molar-refractivity contribution in [3.63, 3.8) is 0 Å². The van der Waals surface area contributed by atoms with Crippen molar-refractivity contribution in [2.45, 2.75) is 51.5 Å². The van der Waals surface area contributed by atoms with Crippen molar-refractivity contribution in [1.29, 1.82) is 0 Å². The van der Waals surface area contributed by atoms with Gasteiger partial charge in [0.25, 0.3) is 0 Å². The van der Waals surface area contributed by atoms with Crippen molar-refractivity contribution >= 4 is 5.91 Å². The van der Waals surface area contributed by atoms with E-state index in [-0.39, 0.29) is 11.9 Å². The van der Waals surface area contributed by atoms with Gasteiger partial charge < -0.3 is 10.6 Å². The second kappa shape index (κ2) is 7.06. The summed E-state index contributed by atoms with van der Waals surface area (Å²) in [5.41, 5.74) is 7.21. The number of rotatable bonds is 4. The summed E-state index contributed by atoms with van der Waals surface area (Å²) >= 11 is 0. The van der Waals surface area contributed by atoms with Gasteiger partial charge in [-0.15, -0.1) is 0 Å². The maximum Gasteiger partial charge on any atom is 0.240 e. The number of nitrogens with two attached hydrogens (primary N) is 1. The van der Waals surface area contributed by atoms with Gasteiger partial charge in [0.2, 0.25) is 5.91 Å². The van der Waals surface area contributed by atoms with E-state index >= 15 is 0 Å². The third-order valence-corrected chi connectivity index (χ3v) is 4.13. The van der Waals surface area contributed by atoms with E-state index in [1.807, 2.05) is 4.90 Å². The molecular weight excluding hydrogens is 238 g/mol. The van der Waals surface area contributed by atoms with Crippen LogP contribution in [0.2, 0.25) is 0 Å². The zero-order chi connectivity index (χ0) is 13.7. The summed E-state index contributed by atoms with van der Waals surface area (Å²) in [5.74, 6) is 0.241. The minimum Gasteiger partial charge on any atom is -0.327 e. The lowest BCUT2D eigenvalue weighted by Crippen LogP contribution is -2.47. The number of hydrogen-bond donors (Lipinski definition) is 1. The van der Waals surface area contributed by atoms with E-state index in [1.165, 1.54) is 18.5 Å². The van der Waals surface area contributed by atoms with Crippen molar-refractivity contribution in [2.75, 3.05) is 26.2 Å². The topological polar surface area (TPSA) is 49.6 Å². The van der Waals surface area contributed by atoms with Crippen LogP contribution in [0.4, 0.5) is 0 Å². The minimum atomic E-state index is 0.241. The van der Waals surface area contributed by atoms with Gasteiger partial charge in [0.05, 0.1) is 6.54 Å². The molecule has 1 aliphatic carbocycles. The fourth-order valence-corrected chi connectivity index (χ4v) is 3.12. The first-order chi connectivity index (χ1) is 9.20. The highest BCUT2D eigenvalue weighted by Gasteiger charge is 2.23. The Labute approximate surface area is 116 Å². The molecule has 2 aliphatic rings. The monoisotopic (exact) mass is 265 g/mol. The summed E-state index contributed by atoms with van der Waals surface area (Å²) in [7, 11) is 0. The second-order valence-corrected chi connectivity index (χ2v) is 5.72. The summed E-state index contributed by atoms with van der Waals surface area (Å²) in [4.78, 5) is 16.6. The number of hydrogen-bond acceptors (Lipinski definition) is 3. The van der Waals surface area contributed by atoms with Crippen LogP contribution in [0.1, 0.15) is 45.4 Å². The summed E-state index contributed by atoms with van der Waals surface area (Å²) in [5, 5.41) is 0. The number of piperidine rings is 1. The Balaban J connectivity index is 1.91. The van der Waals surface area contributed by atoms with E-state index in [0.29, 0.717) is 6.54 Å². The van der Waals surface area contributed by atoms with Crippen molar-refractivity contribution in [3.8, 4) is 0 Å². The van der Waals surface area contributed by atoms with Crippen LogP contribution in [0.15, 0.2) is 11.8 Å². The van der Waals surface area contributed by atoms with Gasteiger partial charge in [0.1, 0.15) is 0 Å². The lowest BCUT2D eigenvalue weighted by Gasteiger charge is -2.33. The standard InChI is InChI=1S/C15H27N3O/c1-2-18(14-8-4-3-5-9-14)15(19)12-17-10-6-7-13(16)11-17/h8,13H,2-7,9-12,16H2,1H3. The molecule has 108 valence electrons. The smallest absolute Gasteiger partial charge is 0.240 e. The molecule has 1 aliphatic heterocycles. The van der Waals surface area contributed by atoms with E-state index in [0.717, 1.165) is 45.3 Å². The maximum absolute atomic E-state index is 12.5. The molecule has 0 aromatic heterocycles. The summed E-state index contributed by atoms with van der Waals surface area (Å²) < 4.78 is 0. The van der Waals surface area contributed by atoms with Crippen LogP contribution < -0.4 is 5.73 Å². The van der Waals surface area contributed by atoms with Gasteiger partial charge >= 0.3 is 0 Å². The number of amides is 1. The maximum atomic E-state index is 12.5. The van der Waals surface area contributed by atoms with E-state index in [9.17, 15) is 4.79 Å². The highest BCUT2D eigenvalue weighted by molar-refractivity contribution is 5.80. The molecule has 19 heavy (non-hydrogen) atoms. The number of carbonyl (C=O) groups excluding carboxylic acids is 1. The lowest BCUT2D eigenvalue weighted by atomic mass is 10.0. The molecule has 0 radical (unpaired) electrons. The first-order valence-corrected chi connectivity index (χ1v) is 7.68. The van der Waals surface area contributed by atoms with E-state index in [2.05, 4.69) is 17.9 Å². The average molecular weight is 265 g/mol. The molecular formula is C15H27N3O. The first-order valence-electron chi connectivity index (χ1n) is 7.68. The predicted octanol–water partition coefficient (Wildman–Crippen LogP) is 1.72. The predicted molar refractivity (Wildman–Crippen MR) is 77.6 cm³/mol. The van der Waals surface area contributed by atoms with Crippen molar-refractivity contribution in [2.24, 2.45) is 5.73 Å². The Kier molecular flexibility index (Phi) is 5.40. The lowest BCUT2D eigenvalue weighted by molar-refractivity contribution is -0.130. The van der Waals surface area contributed by atoms with Gasteiger partial charge in [-0.05, 0) is 52.0 Å². The first kappa shape index (κ1) is 14.5. The molecule has 4 nitrogen and oxygen atoms in total. The Morgan fingerprint density at radius 2 is 2.32 bits per heavy atom. The molecule has 2 rings (SSSR count). The Morgan fingerprint density at radius 3 is 2.95 bits per heavy atom. The Morgan fingerprint density at radius 1 is 1.47 bits per heavy atom. The molecule has 0 spiro atoms. The number of likely N-dealkylation sites (tertiary alicyclic amines) is 1. The molecule has 0 aromatic rings. The van der Waals surface area contributed by atoms with Crippen molar-refractivity contribution < 1.29 is 4.79 Å². The van der Waals surface area contributed by atoms with Gasteiger partial charge in [-0.2, -0.15) is 0 Å². The molecule has 0 saturated carbocycles. The third-order valence-electron chi connectivity index (χ3n) is 4.13. The zero-order valence-corrected chi connectivity index (χ0v) is 12.1. The van der Waals surface area contributed by atoms with Gasteiger partial charge in [-0.25, -0.2) is 0 Å². The average Bonchev–Trinajstić information content (AvgIpc) is 2.41. The number of nitrogens with zero attached hydrogens (tertiary/aromatic N) is 2. The summed E-state index contributed by atoms with van der Waals surface area (Å²) in [6.07, 6.45) is 9.09. The van der Waals surface area contributed by atoms with Gasteiger partial charge in [-0.1, -0.05) is 6.08 Å². The van der Waals surface area contributed by atoms with Crippen LogP contribution in [0, 0.1) is 0 Å².